The van der Waals surface area contributed by atoms with E-state index in [1.165, 1.54) is 12.1 Å². The van der Waals surface area contributed by atoms with Crippen molar-refractivity contribution in [3.05, 3.63) is 39.9 Å². The van der Waals surface area contributed by atoms with E-state index in [1.807, 2.05) is 0 Å². The number of nitrogens with one attached hydrogen (secondary N) is 2. The van der Waals surface area contributed by atoms with E-state index in [4.69, 9.17) is 0 Å². The average molecular weight is 223 g/mol. The van der Waals surface area contributed by atoms with E-state index >= 15 is 0 Å². The Hall–Kier alpha value is -2.15. The molecule has 0 aromatic heterocycles. The van der Waals surface area contributed by atoms with Crippen LogP contribution in [0.3, 0.4) is 0 Å². The molecule has 1 heterocycles. The fourth-order valence-corrected chi connectivity index (χ4v) is 1.67. The highest BCUT2D eigenvalue weighted by atomic mass is 16.6. The Morgan fingerprint density at radius 3 is 2.69 bits per heavy atom. The minimum Gasteiger partial charge on any atom is -0.508 e. The third-order valence-electron chi connectivity index (χ3n) is 2.43. The van der Waals surface area contributed by atoms with Crippen LogP contribution in [0.1, 0.15) is 11.6 Å². The molecule has 84 valence electrons. The van der Waals surface area contributed by atoms with Gasteiger partial charge in [0, 0.05) is 10.5 Å². The lowest BCUT2D eigenvalue weighted by Crippen LogP contribution is -2.32. The summed E-state index contributed by atoms with van der Waals surface area (Å²) in [6.45, 7) is 0. The number of rotatable bonds is 2. The van der Waals surface area contributed by atoms with Crippen molar-refractivity contribution in [2.45, 2.75) is 12.1 Å². The number of hydrogen-bond acceptors (Lipinski definition) is 5. The molecule has 1 aromatic rings. The van der Waals surface area contributed by atoms with E-state index in [-0.39, 0.29) is 5.75 Å². The lowest BCUT2D eigenvalue weighted by Gasteiger charge is -2.12. The van der Waals surface area contributed by atoms with Gasteiger partial charge in [0.2, 0.25) is 0 Å². The number of aromatic hydroxyl groups is 1. The first-order chi connectivity index (χ1) is 7.61. The highest BCUT2D eigenvalue weighted by Crippen LogP contribution is 2.28. The second-order valence-corrected chi connectivity index (χ2v) is 3.40. The molecule has 1 aliphatic heterocycles. The molecule has 1 fully saturated rings. The number of phenols is 1. The number of amides is 1. The van der Waals surface area contributed by atoms with E-state index in [0.717, 1.165) is 0 Å². The molecule has 1 aromatic carbocycles. The first-order valence-corrected chi connectivity index (χ1v) is 4.58. The van der Waals surface area contributed by atoms with Crippen LogP contribution >= 0.6 is 0 Å². The molecule has 0 bridgehead atoms. The largest absolute Gasteiger partial charge is 0.508 e. The standard InChI is InChI=1S/C9H9N3O4/c13-6-4-2-1-3-5(6)7-8(12(15)16)9(14)11-10-7/h1-4,7-8,10,13H,(H,11,14). The van der Waals surface area contributed by atoms with E-state index < -0.39 is 22.9 Å². The zero-order valence-corrected chi connectivity index (χ0v) is 8.08. The molecule has 2 unspecified atom stereocenters. The van der Waals surface area contributed by atoms with Crippen molar-refractivity contribution in [1.29, 1.82) is 0 Å². The maximum atomic E-state index is 11.2. The van der Waals surface area contributed by atoms with Gasteiger partial charge in [-0.2, -0.15) is 0 Å². The summed E-state index contributed by atoms with van der Waals surface area (Å²) in [6, 6.07) is 3.90. The maximum absolute atomic E-state index is 11.2. The number of nitrogens with zero attached hydrogens (tertiary/aromatic N) is 1. The molecule has 0 spiro atoms. The molecule has 2 atom stereocenters. The topological polar surface area (TPSA) is 104 Å². The molecule has 0 saturated carbocycles. The van der Waals surface area contributed by atoms with Crippen LogP contribution in [0, 0.1) is 10.1 Å². The molecule has 16 heavy (non-hydrogen) atoms. The van der Waals surface area contributed by atoms with Gasteiger partial charge >= 0.3 is 11.9 Å². The van der Waals surface area contributed by atoms with Gasteiger partial charge in [0.1, 0.15) is 11.8 Å². The van der Waals surface area contributed by atoms with Crippen LogP contribution in [0.15, 0.2) is 24.3 Å². The molecule has 7 nitrogen and oxygen atoms in total. The minimum atomic E-state index is -1.42. The smallest absolute Gasteiger partial charge is 0.311 e. The third-order valence-corrected chi connectivity index (χ3v) is 2.43. The van der Waals surface area contributed by atoms with Gasteiger partial charge in [0.15, 0.2) is 0 Å². The fraction of sp³-hybridized carbons (Fsp3) is 0.222. The SMILES string of the molecule is O=C1NNC(c2ccccc2O)C1[N+](=O)[O-]. The quantitative estimate of drug-likeness (QED) is 0.472. The van der Waals surface area contributed by atoms with Crippen molar-refractivity contribution in [2.24, 2.45) is 0 Å². The zero-order valence-electron chi connectivity index (χ0n) is 8.08. The number of hydrogen-bond donors (Lipinski definition) is 3. The molecule has 1 amide bonds. The van der Waals surface area contributed by atoms with Crippen LogP contribution < -0.4 is 10.9 Å². The number of benzene rings is 1. The minimum absolute atomic E-state index is 0.0802. The summed E-state index contributed by atoms with van der Waals surface area (Å²) in [5.41, 5.74) is 5.00. The molecule has 1 aliphatic rings. The van der Waals surface area contributed by atoms with Crippen molar-refractivity contribution in [3.8, 4) is 5.75 Å². The van der Waals surface area contributed by atoms with Gasteiger partial charge in [-0.05, 0) is 6.07 Å². The van der Waals surface area contributed by atoms with E-state index in [0.29, 0.717) is 5.56 Å². The van der Waals surface area contributed by atoms with Crippen LogP contribution in [-0.4, -0.2) is 22.0 Å². The number of nitro groups is 1. The summed E-state index contributed by atoms with van der Waals surface area (Å²) in [7, 11) is 0. The Kier molecular flexibility index (Phi) is 2.45. The van der Waals surface area contributed by atoms with Crippen LogP contribution in [0.2, 0.25) is 0 Å². The summed E-state index contributed by atoms with van der Waals surface area (Å²) in [5, 5.41) is 20.3. The second-order valence-electron chi connectivity index (χ2n) is 3.40. The molecule has 0 aliphatic carbocycles. The Morgan fingerprint density at radius 1 is 1.38 bits per heavy atom. The summed E-state index contributed by atoms with van der Waals surface area (Å²) in [5.74, 6) is -0.790. The van der Waals surface area contributed by atoms with Crippen LogP contribution in [0.4, 0.5) is 0 Å². The average Bonchev–Trinajstić information content (AvgIpc) is 2.61. The van der Waals surface area contributed by atoms with Crippen molar-refractivity contribution in [2.75, 3.05) is 0 Å². The summed E-state index contributed by atoms with van der Waals surface area (Å²) in [6.07, 6.45) is 0. The number of phenolic OH excluding ortho intramolecular Hbond substituents is 1. The highest BCUT2D eigenvalue weighted by molar-refractivity contribution is 5.83. The molecular formula is C9H9N3O4. The van der Waals surface area contributed by atoms with Crippen LogP contribution in [-0.2, 0) is 4.79 Å². The number of para-hydroxylation sites is 1. The Bertz CT molecular complexity index is 448. The predicted molar refractivity (Wildman–Crippen MR) is 52.9 cm³/mol. The molecule has 1 saturated heterocycles. The van der Waals surface area contributed by atoms with Crippen molar-refractivity contribution >= 4 is 5.91 Å². The Balaban J connectivity index is 2.38. The van der Waals surface area contributed by atoms with Gasteiger partial charge in [-0.3, -0.25) is 20.3 Å². The lowest BCUT2D eigenvalue weighted by atomic mass is 10.0. The molecular weight excluding hydrogens is 214 g/mol. The first-order valence-electron chi connectivity index (χ1n) is 4.58. The van der Waals surface area contributed by atoms with Gasteiger partial charge in [0.05, 0.1) is 0 Å². The zero-order chi connectivity index (χ0) is 11.7. The highest BCUT2D eigenvalue weighted by Gasteiger charge is 2.46. The summed E-state index contributed by atoms with van der Waals surface area (Å²) >= 11 is 0. The molecule has 7 heteroatoms. The summed E-state index contributed by atoms with van der Waals surface area (Å²) < 4.78 is 0. The van der Waals surface area contributed by atoms with Crippen molar-refractivity contribution in [3.63, 3.8) is 0 Å². The first kappa shape index (κ1) is 10.4. The normalized spacial score (nSPS) is 24.1. The predicted octanol–water partition coefficient (Wildman–Crippen LogP) is -0.287. The van der Waals surface area contributed by atoms with Gasteiger partial charge in [-0.15, -0.1) is 0 Å². The number of carbonyl (C=O) groups excluding carboxylic acids is 1. The van der Waals surface area contributed by atoms with E-state index in [2.05, 4.69) is 10.9 Å². The van der Waals surface area contributed by atoms with Gasteiger partial charge < -0.3 is 5.11 Å². The number of hydrazine groups is 1. The fourth-order valence-electron chi connectivity index (χ4n) is 1.67. The summed E-state index contributed by atoms with van der Waals surface area (Å²) in [4.78, 5) is 21.3. The number of carbonyl (C=O) groups is 1. The second kappa shape index (κ2) is 3.78. The van der Waals surface area contributed by atoms with Gasteiger partial charge in [0.25, 0.3) is 0 Å². The lowest BCUT2D eigenvalue weighted by molar-refractivity contribution is -0.509. The molecule has 2 rings (SSSR count). The van der Waals surface area contributed by atoms with E-state index in [1.54, 1.807) is 12.1 Å². The van der Waals surface area contributed by atoms with Gasteiger partial charge in [-0.25, -0.2) is 5.43 Å². The Labute approximate surface area is 90.2 Å². The maximum Gasteiger partial charge on any atom is 0.311 e. The van der Waals surface area contributed by atoms with Crippen molar-refractivity contribution < 1.29 is 14.8 Å². The van der Waals surface area contributed by atoms with Crippen LogP contribution in [0.25, 0.3) is 0 Å². The van der Waals surface area contributed by atoms with Crippen molar-refractivity contribution in [1.82, 2.24) is 10.9 Å². The van der Waals surface area contributed by atoms with Gasteiger partial charge in [-0.1, -0.05) is 18.2 Å². The van der Waals surface area contributed by atoms with E-state index in [9.17, 15) is 20.0 Å². The Morgan fingerprint density at radius 2 is 2.06 bits per heavy atom. The third kappa shape index (κ3) is 1.57. The molecule has 0 radical (unpaired) electrons. The molecule has 3 N–H and O–H groups in total. The van der Waals surface area contributed by atoms with Crippen LogP contribution in [0.5, 0.6) is 5.75 Å². The monoisotopic (exact) mass is 223 g/mol.